The molecular weight excluding hydrogens is 271 g/mol. The SMILES string of the molecule is COCCCC(CBr)Cc1ccc(F)cc1. The van der Waals surface area contributed by atoms with Crippen LogP contribution in [0.2, 0.25) is 0 Å². The van der Waals surface area contributed by atoms with Crippen LogP contribution < -0.4 is 0 Å². The Morgan fingerprint density at radius 2 is 2.00 bits per heavy atom. The molecule has 1 aromatic rings. The first-order valence-electron chi connectivity index (χ1n) is 5.55. The maximum atomic E-state index is 12.7. The number of hydrogen-bond acceptors (Lipinski definition) is 1. The molecule has 0 N–H and O–H groups in total. The van der Waals surface area contributed by atoms with Gasteiger partial charge in [-0.05, 0) is 42.9 Å². The second-order valence-electron chi connectivity index (χ2n) is 3.99. The van der Waals surface area contributed by atoms with Crippen molar-refractivity contribution in [3.63, 3.8) is 0 Å². The van der Waals surface area contributed by atoms with Gasteiger partial charge in [0.2, 0.25) is 0 Å². The molecule has 3 heteroatoms. The summed E-state index contributed by atoms with van der Waals surface area (Å²) >= 11 is 3.53. The lowest BCUT2D eigenvalue weighted by molar-refractivity contribution is 0.188. The summed E-state index contributed by atoms with van der Waals surface area (Å²) in [7, 11) is 1.73. The highest BCUT2D eigenvalue weighted by atomic mass is 79.9. The molecule has 0 heterocycles. The predicted octanol–water partition coefficient (Wildman–Crippen LogP) is 3.81. The van der Waals surface area contributed by atoms with Crippen LogP contribution in [0.1, 0.15) is 18.4 Å². The van der Waals surface area contributed by atoms with Crippen molar-refractivity contribution in [1.29, 1.82) is 0 Å². The third-order valence-electron chi connectivity index (χ3n) is 2.62. The Bertz CT molecular complexity index is 286. The minimum absolute atomic E-state index is 0.168. The summed E-state index contributed by atoms with van der Waals surface area (Å²) in [6.45, 7) is 0.812. The zero-order valence-electron chi connectivity index (χ0n) is 9.59. The van der Waals surface area contributed by atoms with Gasteiger partial charge in [0.05, 0.1) is 0 Å². The van der Waals surface area contributed by atoms with Gasteiger partial charge in [0, 0.05) is 19.0 Å². The van der Waals surface area contributed by atoms with E-state index in [1.54, 1.807) is 7.11 Å². The number of hydrogen-bond donors (Lipinski definition) is 0. The first-order chi connectivity index (χ1) is 7.76. The Morgan fingerprint density at radius 3 is 2.56 bits per heavy atom. The molecule has 1 rings (SSSR count). The van der Waals surface area contributed by atoms with Gasteiger partial charge >= 0.3 is 0 Å². The molecule has 16 heavy (non-hydrogen) atoms. The third-order valence-corrected chi connectivity index (χ3v) is 3.53. The normalized spacial score (nSPS) is 12.7. The van der Waals surface area contributed by atoms with Crippen molar-refractivity contribution in [1.82, 2.24) is 0 Å². The van der Waals surface area contributed by atoms with Crippen LogP contribution in [0.5, 0.6) is 0 Å². The number of alkyl halides is 1. The van der Waals surface area contributed by atoms with E-state index >= 15 is 0 Å². The molecule has 0 aliphatic heterocycles. The van der Waals surface area contributed by atoms with Crippen LogP contribution in [0.4, 0.5) is 4.39 Å². The van der Waals surface area contributed by atoms with E-state index in [0.29, 0.717) is 5.92 Å². The Balaban J connectivity index is 2.40. The molecule has 0 aliphatic rings. The fraction of sp³-hybridized carbons (Fsp3) is 0.538. The first-order valence-corrected chi connectivity index (χ1v) is 6.67. The molecule has 0 radical (unpaired) electrons. The lowest BCUT2D eigenvalue weighted by Crippen LogP contribution is -2.07. The van der Waals surface area contributed by atoms with Crippen LogP contribution in [-0.4, -0.2) is 19.0 Å². The molecule has 0 fully saturated rings. The van der Waals surface area contributed by atoms with E-state index < -0.39 is 0 Å². The molecule has 0 amide bonds. The largest absolute Gasteiger partial charge is 0.385 e. The highest BCUT2D eigenvalue weighted by Gasteiger charge is 2.08. The molecule has 1 nitrogen and oxygen atoms in total. The first kappa shape index (κ1) is 13.7. The summed E-state index contributed by atoms with van der Waals surface area (Å²) < 4.78 is 17.8. The smallest absolute Gasteiger partial charge is 0.123 e. The molecule has 0 spiro atoms. The quantitative estimate of drug-likeness (QED) is 0.548. The maximum absolute atomic E-state index is 12.7. The number of benzene rings is 1. The minimum Gasteiger partial charge on any atom is -0.385 e. The molecule has 0 saturated carbocycles. The molecule has 90 valence electrons. The monoisotopic (exact) mass is 288 g/mol. The van der Waals surface area contributed by atoms with Gasteiger partial charge in [-0.3, -0.25) is 0 Å². The van der Waals surface area contributed by atoms with Crippen LogP contribution in [0.25, 0.3) is 0 Å². The van der Waals surface area contributed by atoms with Gasteiger partial charge in [0.1, 0.15) is 5.82 Å². The number of rotatable bonds is 7. The Hall–Kier alpha value is -0.410. The van der Waals surface area contributed by atoms with Gasteiger partial charge in [-0.25, -0.2) is 4.39 Å². The van der Waals surface area contributed by atoms with E-state index in [0.717, 1.165) is 31.2 Å². The van der Waals surface area contributed by atoms with Crippen molar-refractivity contribution in [3.05, 3.63) is 35.6 Å². The van der Waals surface area contributed by atoms with Crippen molar-refractivity contribution in [3.8, 4) is 0 Å². The lowest BCUT2D eigenvalue weighted by atomic mass is 9.97. The Kier molecular flexibility index (Phi) is 6.65. The predicted molar refractivity (Wildman–Crippen MR) is 68.5 cm³/mol. The van der Waals surface area contributed by atoms with E-state index in [9.17, 15) is 4.39 Å². The highest BCUT2D eigenvalue weighted by molar-refractivity contribution is 9.09. The molecule has 0 bridgehead atoms. The molecule has 0 aliphatic carbocycles. The Morgan fingerprint density at radius 1 is 1.31 bits per heavy atom. The van der Waals surface area contributed by atoms with E-state index in [2.05, 4.69) is 15.9 Å². The molecule has 0 saturated heterocycles. The zero-order valence-corrected chi connectivity index (χ0v) is 11.2. The van der Waals surface area contributed by atoms with Gasteiger partial charge in [-0.15, -0.1) is 0 Å². The molecule has 1 aromatic carbocycles. The van der Waals surface area contributed by atoms with E-state index in [-0.39, 0.29) is 5.82 Å². The van der Waals surface area contributed by atoms with Crippen LogP contribution in [0, 0.1) is 11.7 Å². The van der Waals surface area contributed by atoms with Crippen molar-refractivity contribution < 1.29 is 9.13 Å². The van der Waals surface area contributed by atoms with Crippen molar-refractivity contribution in [2.45, 2.75) is 19.3 Å². The van der Waals surface area contributed by atoms with E-state index in [4.69, 9.17) is 4.74 Å². The summed E-state index contributed by atoms with van der Waals surface area (Å²) in [4.78, 5) is 0. The fourth-order valence-electron chi connectivity index (χ4n) is 1.70. The summed E-state index contributed by atoms with van der Waals surface area (Å²) in [5.74, 6) is 0.430. The van der Waals surface area contributed by atoms with Gasteiger partial charge in [-0.2, -0.15) is 0 Å². The van der Waals surface area contributed by atoms with Crippen LogP contribution in [0.3, 0.4) is 0 Å². The zero-order chi connectivity index (χ0) is 11.8. The van der Waals surface area contributed by atoms with Crippen LogP contribution in [0.15, 0.2) is 24.3 Å². The summed E-state index contributed by atoms with van der Waals surface area (Å²) in [5.41, 5.74) is 1.20. The van der Waals surface area contributed by atoms with E-state index in [1.165, 1.54) is 17.7 Å². The van der Waals surface area contributed by atoms with Gasteiger partial charge in [-0.1, -0.05) is 28.1 Å². The standard InChI is InChI=1S/C13H18BrFO/c1-16-8-2-3-12(10-14)9-11-4-6-13(15)7-5-11/h4-7,12H,2-3,8-10H2,1H3. The Labute approximate surface area is 105 Å². The lowest BCUT2D eigenvalue weighted by Gasteiger charge is -2.13. The minimum atomic E-state index is -0.168. The number of ether oxygens (including phenoxy) is 1. The summed E-state index contributed by atoms with van der Waals surface area (Å²) in [6.07, 6.45) is 3.21. The van der Waals surface area contributed by atoms with Crippen LogP contribution >= 0.6 is 15.9 Å². The molecule has 1 atom stereocenters. The van der Waals surface area contributed by atoms with E-state index in [1.807, 2.05) is 12.1 Å². The van der Waals surface area contributed by atoms with Crippen LogP contribution in [-0.2, 0) is 11.2 Å². The maximum Gasteiger partial charge on any atom is 0.123 e. The average molecular weight is 289 g/mol. The average Bonchev–Trinajstić information content (AvgIpc) is 2.31. The second kappa shape index (κ2) is 7.80. The molecule has 1 unspecified atom stereocenters. The van der Waals surface area contributed by atoms with Crippen molar-refractivity contribution >= 4 is 15.9 Å². The van der Waals surface area contributed by atoms with Crippen molar-refractivity contribution in [2.75, 3.05) is 19.0 Å². The number of methoxy groups -OCH3 is 1. The third kappa shape index (κ3) is 5.08. The van der Waals surface area contributed by atoms with Gasteiger partial charge < -0.3 is 4.74 Å². The van der Waals surface area contributed by atoms with Crippen molar-refractivity contribution in [2.24, 2.45) is 5.92 Å². The van der Waals surface area contributed by atoms with Gasteiger partial charge in [0.25, 0.3) is 0 Å². The fourth-order valence-corrected chi connectivity index (χ4v) is 2.26. The topological polar surface area (TPSA) is 9.23 Å². The summed E-state index contributed by atoms with van der Waals surface area (Å²) in [5, 5.41) is 0.980. The highest BCUT2D eigenvalue weighted by Crippen LogP contribution is 2.17. The number of halogens is 2. The molecule has 0 aromatic heterocycles. The molecular formula is C13H18BrFO. The van der Waals surface area contributed by atoms with Gasteiger partial charge in [0.15, 0.2) is 0 Å². The second-order valence-corrected chi connectivity index (χ2v) is 4.63. The summed E-state index contributed by atoms with van der Waals surface area (Å²) in [6, 6.07) is 6.77.